The van der Waals surface area contributed by atoms with E-state index >= 15 is 0 Å². The number of hydrogen-bond donors (Lipinski definition) is 1. The maximum atomic E-state index is 14.6. The van der Waals surface area contributed by atoms with Crippen LogP contribution >= 0.6 is 0 Å². The van der Waals surface area contributed by atoms with E-state index in [-0.39, 0.29) is 23.2 Å². The molecule has 0 bridgehead atoms. The topological polar surface area (TPSA) is 82.9 Å². The van der Waals surface area contributed by atoms with Gasteiger partial charge in [0.25, 0.3) is 11.5 Å². The average Bonchev–Trinajstić information content (AvgIpc) is 3.48. The first-order valence-corrected chi connectivity index (χ1v) is 11.9. The number of para-hydroxylation sites is 1. The number of halogens is 1. The van der Waals surface area contributed by atoms with E-state index in [9.17, 15) is 14.0 Å². The number of methoxy groups -OCH3 is 1. The molecule has 2 aromatic carbocycles. The van der Waals surface area contributed by atoms with Crippen LogP contribution in [0.5, 0.6) is 5.75 Å². The molecule has 3 aromatic rings. The molecule has 3 heterocycles. The molecule has 1 unspecified atom stereocenters. The lowest BCUT2D eigenvalue weighted by Gasteiger charge is -2.28. The summed E-state index contributed by atoms with van der Waals surface area (Å²) in [6.07, 6.45) is 3.61. The van der Waals surface area contributed by atoms with Crippen LogP contribution in [-0.4, -0.2) is 56.1 Å². The SMILES string of the molecule is COc1cccc(F)c1-n1nccc(C(=O)Nc2ccc3c(c2N2CCCC2)N(C)C(C)N3C)c1=O. The van der Waals surface area contributed by atoms with Crippen molar-refractivity contribution in [2.24, 2.45) is 0 Å². The Morgan fingerprint density at radius 3 is 2.53 bits per heavy atom. The number of amides is 1. The van der Waals surface area contributed by atoms with Crippen LogP contribution in [0.4, 0.5) is 27.1 Å². The first-order valence-electron chi connectivity index (χ1n) is 11.9. The molecule has 10 heteroatoms. The number of carbonyl (C=O) groups is 1. The number of hydrogen-bond acceptors (Lipinski definition) is 7. The normalized spacial score (nSPS) is 16.9. The summed E-state index contributed by atoms with van der Waals surface area (Å²) in [5.74, 6) is -1.13. The second-order valence-electron chi connectivity index (χ2n) is 9.08. The zero-order valence-corrected chi connectivity index (χ0v) is 20.8. The Bertz CT molecular complexity index is 1380. The molecule has 36 heavy (non-hydrogen) atoms. The van der Waals surface area contributed by atoms with Crippen LogP contribution in [0.1, 0.15) is 30.1 Å². The Kier molecular flexibility index (Phi) is 6.03. The van der Waals surface area contributed by atoms with E-state index in [2.05, 4.69) is 39.1 Å². The predicted molar refractivity (Wildman–Crippen MR) is 138 cm³/mol. The number of fused-ring (bicyclic) bond motifs is 1. The fraction of sp³-hybridized carbons (Fsp3) is 0.346. The van der Waals surface area contributed by atoms with Gasteiger partial charge in [-0.3, -0.25) is 9.59 Å². The van der Waals surface area contributed by atoms with Gasteiger partial charge in [0, 0.05) is 33.4 Å². The van der Waals surface area contributed by atoms with E-state index in [4.69, 9.17) is 4.74 Å². The third-order valence-electron chi connectivity index (χ3n) is 7.13. The molecule has 0 aliphatic carbocycles. The standard InChI is InChI=1S/C26H29FN6O3/c1-16-30(2)20-11-10-19(23(24(20)31(16)3)32-14-5-6-15-32)29-25(34)17-12-13-28-33(26(17)35)22-18(27)8-7-9-21(22)36-4/h7-13,16H,5-6,14-15H2,1-4H3,(H,29,34). The van der Waals surface area contributed by atoms with Crippen molar-refractivity contribution in [3.8, 4) is 11.4 Å². The van der Waals surface area contributed by atoms with Crippen LogP contribution < -0.4 is 30.3 Å². The summed E-state index contributed by atoms with van der Waals surface area (Å²) in [4.78, 5) is 33.4. The molecule has 1 amide bonds. The van der Waals surface area contributed by atoms with Crippen LogP contribution in [0.15, 0.2) is 47.4 Å². The van der Waals surface area contributed by atoms with Gasteiger partial charge in [0.05, 0.1) is 36.0 Å². The highest BCUT2D eigenvalue weighted by molar-refractivity contribution is 6.08. The van der Waals surface area contributed by atoms with Crippen molar-refractivity contribution < 1.29 is 13.9 Å². The molecule has 1 N–H and O–H groups in total. The Morgan fingerprint density at radius 2 is 1.81 bits per heavy atom. The van der Waals surface area contributed by atoms with Crippen LogP contribution in [0.3, 0.4) is 0 Å². The van der Waals surface area contributed by atoms with E-state index in [1.165, 1.54) is 37.6 Å². The van der Waals surface area contributed by atoms with E-state index in [1.807, 2.05) is 19.2 Å². The Hall–Kier alpha value is -4.08. The van der Waals surface area contributed by atoms with Gasteiger partial charge in [-0.2, -0.15) is 9.78 Å². The number of anilines is 4. The van der Waals surface area contributed by atoms with Crippen molar-refractivity contribution in [1.29, 1.82) is 0 Å². The zero-order chi connectivity index (χ0) is 25.6. The predicted octanol–water partition coefficient (Wildman–Crippen LogP) is 3.46. The van der Waals surface area contributed by atoms with E-state index in [0.29, 0.717) is 5.69 Å². The molecular weight excluding hydrogens is 463 g/mol. The van der Waals surface area contributed by atoms with E-state index < -0.39 is 17.3 Å². The van der Waals surface area contributed by atoms with Crippen LogP contribution in [0.2, 0.25) is 0 Å². The highest BCUT2D eigenvalue weighted by Gasteiger charge is 2.34. The first-order chi connectivity index (χ1) is 17.3. The number of nitrogens with one attached hydrogen (secondary N) is 1. The fourth-order valence-electron chi connectivity index (χ4n) is 5.01. The highest BCUT2D eigenvalue weighted by Crippen LogP contribution is 2.49. The number of rotatable bonds is 5. The molecule has 1 fully saturated rings. The number of aromatic nitrogens is 2. The van der Waals surface area contributed by atoms with Crippen molar-refractivity contribution in [2.45, 2.75) is 25.9 Å². The van der Waals surface area contributed by atoms with Gasteiger partial charge in [-0.05, 0) is 50.1 Å². The summed E-state index contributed by atoms with van der Waals surface area (Å²) < 4.78 is 20.7. The maximum absolute atomic E-state index is 14.6. The summed E-state index contributed by atoms with van der Waals surface area (Å²) in [5.41, 5.74) is 2.67. The quantitative estimate of drug-likeness (QED) is 0.584. The molecule has 5 rings (SSSR count). The van der Waals surface area contributed by atoms with Crippen molar-refractivity contribution in [3.63, 3.8) is 0 Å². The molecule has 2 aliphatic heterocycles. The number of benzene rings is 2. The number of carbonyl (C=O) groups excluding carboxylic acids is 1. The lowest BCUT2D eigenvalue weighted by molar-refractivity contribution is 0.102. The van der Waals surface area contributed by atoms with E-state index in [1.54, 1.807) is 0 Å². The zero-order valence-electron chi connectivity index (χ0n) is 20.8. The van der Waals surface area contributed by atoms with Gasteiger partial charge in [0.2, 0.25) is 0 Å². The fourth-order valence-corrected chi connectivity index (χ4v) is 5.01. The largest absolute Gasteiger partial charge is 0.494 e. The monoisotopic (exact) mass is 492 g/mol. The average molecular weight is 493 g/mol. The summed E-state index contributed by atoms with van der Waals surface area (Å²) in [6.45, 7) is 3.91. The second-order valence-corrected chi connectivity index (χ2v) is 9.08. The van der Waals surface area contributed by atoms with Gasteiger partial charge in [-0.1, -0.05) is 6.07 Å². The molecule has 0 radical (unpaired) electrons. The lowest BCUT2D eigenvalue weighted by atomic mass is 10.1. The van der Waals surface area contributed by atoms with Gasteiger partial charge >= 0.3 is 0 Å². The van der Waals surface area contributed by atoms with Crippen LogP contribution in [-0.2, 0) is 0 Å². The summed E-state index contributed by atoms with van der Waals surface area (Å²) in [6, 6.07) is 9.42. The maximum Gasteiger partial charge on any atom is 0.284 e. The van der Waals surface area contributed by atoms with Gasteiger partial charge in [0.1, 0.15) is 17.0 Å². The number of nitrogens with zero attached hydrogens (tertiary/aromatic N) is 5. The minimum absolute atomic E-state index is 0.137. The third kappa shape index (κ3) is 3.73. The minimum Gasteiger partial charge on any atom is -0.494 e. The van der Waals surface area contributed by atoms with Crippen molar-refractivity contribution in [1.82, 2.24) is 9.78 Å². The Morgan fingerprint density at radius 1 is 1.06 bits per heavy atom. The lowest BCUT2D eigenvalue weighted by Crippen LogP contribution is -2.36. The van der Waals surface area contributed by atoms with Gasteiger partial charge in [0.15, 0.2) is 5.82 Å². The molecule has 2 aliphatic rings. The van der Waals surface area contributed by atoms with Crippen LogP contribution in [0.25, 0.3) is 5.69 Å². The summed E-state index contributed by atoms with van der Waals surface area (Å²) in [7, 11) is 5.47. The highest BCUT2D eigenvalue weighted by atomic mass is 19.1. The summed E-state index contributed by atoms with van der Waals surface area (Å²) >= 11 is 0. The molecule has 1 atom stereocenters. The minimum atomic E-state index is -0.743. The van der Waals surface area contributed by atoms with E-state index in [0.717, 1.165) is 47.7 Å². The Balaban J connectivity index is 1.56. The van der Waals surface area contributed by atoms with Gasteiger partial charge in [-0.25, -0.2) is 4.39 Å². The van der Waals surface area contributed by atoms with Gasteiger partial charge < -0.3 is 24.8 Å². The van der Waals surface area contributed by atoms with Crippen molar-refractivity contribution in [3.05, 3.63) is 64.3 Å². The molecule has 188 valence electrons. The van der Waals surface area contributed by atoms with Gasteiger partial charge in [-0.15, -0.1) is 0 Å². The molecule has 0 spiro atoms. The Labute approximate surface area is 208 Å². The van der Waals surface area contributed by atoms with Crippen LogP contribution in [0, 0.1) is 5.82 Å². The van der Waals surface area contributed by atoms with Crippen molar-refractivity contribution >= 4 is 28.7 Å². The summed E-state index contributed by atoms with van der Waals surface area (Å²) in [5, 5.41) is 6.96. The number of ether oxygens (including phenoxy) is 1. The molecule has 1 saturated heterocycles. The second kappa shape index (κ2) is 9.18. The third-order valence-corrected chi connectivity index (χ3v) is 7.13. The smallest absolute Gasteiger partial charge is 0.284 e. The molecular formula is C26H29FN6O3. The van der Waals surface area contributed by atoms with Crippen molar-refractivity contribution in [2.75, 3.05) is 54.3 Å². The first kappa shape index (κ1) is 23.7. The molecule has 0 saturated carbocycles. The molecule has 1 aromatic heterocycles. The molecule has 9 nitrogen and oxygen atoms in total.